The first-order chi connectivity index (χ1) is 12.3. The highest BCUT2D eigenvalue weighted by Crippen LogP contribution is 2.21. The molecule has 0 atom stereocenters. The lowest BCUT2D eigenvalue weighted by Gasteiger charge is -2.00. The van der Waals surface area contributed by atoms with Gasteiger partial charge in [-0.2, -0.15) is 0 Å². The fourth-order valence-corrected chi connectivity index (χ4v) is 3.39. The topological polar surface area (TPSA) is 59.9 Å². The third kappa shape index (κ3) is 7.51. The molecule has 3 aromatic rings. The Labute approximate surface area is 171 Å². The molecule has 2 aromatic heterocycles. The highest BCUT2D eigenvalue weighted by atomic mass is 35.7. The molecule has 0 saturated heterocycles. The summed E-state index contributed by atoms with van der Waals surface area (Å²) in [4.78, 5) is 7.72. The Balaban J connectivity index is 0.000000197. The Morgan fingerprint density at radius 1 is 0.846 bits per heavy atom. The molecule has 4 nitrogen and oxygen atoms in total. The minimum absolute atomic E-state index is 0.191. The normalized spacial score (nSPS) is 10.7. The average molecular weight is 448 g/mol. The van der Waals surface area contributed by atoms with Crippen LogP contribution in [0.2, 0.25) is 10.0 Å². The number of benzene rings is 1. The number of hydrogen-bond acceptors (Lipinski definition) is 5. The van der Waals surface area contributed by atoms with Gasteiger partial charge in [0.2, 0.25) is 0 Å². The van der Waals surface area contributed by atoms with Crippen LogP contribution in [0.15, 0.2) is 77.0 Å². The molecule has 0 unspecified atom stereocenters. The van der Waals surface area contributed by atoms with Crippen molar-refractivity contribution in [2.45, 2.75) is 15.8 Å². The van der Waals surface area contributed by atoms with Crippen LogP contribution in [-0.2, 0) is 14.8 Å². The van der Waals surface area contributed by atoms with Crippen molar-refractivity contribution >= 4 is 54.7 Å². The van der Waals surface area contributed by atoms with Crippen molar-refractivity contribution < 1.29 is 8.42 Å². The van der Waals surface area contributed by atoms with Crippen molar-refractivity contribution in [2.24, 2.45) is 0 Å². The molecule has 26 heavy (non-hydrogen) atoms. The van der Waals surface area contributed by atoms with E-state index < -0.39 is 9.05 Å². The first kappa shape index (κ1) is 21.0. The zero-order valence-corrected chi connectivity index (χ0v) is 17.1. The summed E-state index contributed by atoms with van der Waals surface area (Å²) in [6.07, 6.45) is 2.89. The van der Waals surface area contributed by atoms with Gasteiger partial charge in [0.25, 0.3) is 9.05 Å². The summed E-state index contributed by atoms with van der Waals surface area (Å²) in [5.41, 5.74) is 1.30. The van der Waals surface area contributed by atoms with Crippen molar-refractivity contribution in [1.29, 1.82) is 0 Å². The van der Waals surface area contributed by atoms with Crippen LogP contribution >= 0.6 is 45.6 Å². The maximum atomic E-state index is 10.6. The van der Waals surface area contributed by atoms with E-state index in [0.29, 0.717) is 10.0 Å². The third-order valence-electron chi connectivity index (χ3n) is 2.88. The molecule has 0 radical (unpaired) electrons. The highest BCUT2D eigenvalue weighted by Gasteiger charge is 2.09. The fourth-order valence-electron chi connectivity index (χ4n) is 1.69. The Hall–Kier alpha value is -1.31. The second kappa shape index (κ2) is 10.1. The number of aromatic nitrogens is 2. The summed E-state index contributed by atoms with van der Waals surface area (Å²) >= 11 is 12.9. The molecule has 0 saturated carbocycles. The molecular formula is C17H13Cl3N2O2S2. The van der Waals surface area contributed by atoms with Gasteiger partial charge >= 0.3 is 0 Å². The van der Waals surface area contributed by atoms with Gasteiger partial charge in [-0.1, -0.05) is 53.5 Å². The maximum absolute atomic E-state index is 10.6. The molecule has 0 aliphatic heterocycles. The standard InChI is InChI=1S/C12H10ClNS.C5H3Cl2NO2S/c13-11-6-7-12(14-8-11)15-9-10-4-2-1-3-5-10;6-4-1-2-5(8-3-4)11(7,9)10/h1-8H,9H2;1-3H. The second-order valence-corrected chi connectivity index (χ2v) is 9.22. The Bertz CT molecular complexity index is 920. The molecule has 0 spiro atoms. The van der Waals surface area contributed by atoms with Gasteiger partial charge in [0.05, 0.1) is 15.1 Å². The smallest absolute Gasteiger partial charge is 0.248 e. The lowest BCUT2D eigenvalue weighted by Crippen LogP contribution is -1.92. The average Bonchev–Trinajstić information content (AvgIpc) is 2.62. The van der Waals surface area contributed by atoms with Gasteiger partial charge in [0.1, 0.15) is 0 Å². The molecule has 0 bridgehead atoms. The number of thioether (sulfide) groups is 1. The van der Waals surface area contributed by atoms with Gasteiger partial charge in [0, 0.05) is 28.8 Å². The predicted octanol–water partition coefficient (Wildman–Crippen LogP) is 5.69. The molecule has 0 aliphatic rings. The Morgan fingerprint density at radius 3 is 1.96 bits per heavy atom. The first-order valence-electron chi connectivity index (χ1n) is 7.19. The van der Waals surface area contributed by atoms with Gasteiger partial charge in [-0.15, -0.1) is 11.8 Å². The minimum Gasteiger partial charge on any atom is -0.248 e. The van der Waals surface area contributed by atoms with E-state index in [1.54, 1.807) is 18.0 Å². The molecule has 136 valence electrons. The quantitative estimate of drug-likeness (QED) is 0.380. The zero-order valence-electron chi connectivity index (χ0n) is 13.2. The van der Waals surface area contributed by atoms with Crippen LogP contribution in [0.1, 0.15) is 5.56 Å². The van der Waals surface area contributed by atoms with E-state index in [-0.39, 0.29) is 5.03 Å². The van der Waals surface area contributed by atoms with Crippen LogP contribution in [0.5, 0.6) is 0 Å². The van der Waals surface area contributed by atoms with Crippen molar-refractivity contribution in [1.82, 2.24) is 9.97 Å². The molecular weight excluding hydrogens is 435 g/mol. The molecule has 0 amide bonds. The van der Waals surface area contributed by atoms with Crippen LogP contribution < -0.4 is 0 Å². The summed E-state index contributed by atoms with van der Waals surface area (Å²) in [6, 6.07) is 16.8. The lowest BCUT2D eigenvalue weighted by atomic mass is 10.2. The van der Waals surface area contributed by atoms with E-state index in [1.807, 2.05) is 30.3 Å². The molecule has 0 fully saturated rings. The van der Waals surface area contributed by atoms with E-state index in [1.165, 1.54) is 23.9 Å². The number of hydrogen-bond donors (Lipinski definition) is 0. The van der Waals surface area contributed by atoms with Crippen molar-refractivity contribution in [2.75, 3.05) is 0 Å². The maximum Gasteiger partial charge on any atom is 0.278 e. The van der Waals surface area contributed by atoms with E-state index in [4.69, 9.17) is 33.9 Å². The minimum atomic E-state index is -3.72. The summed E-state index contributed by atoms with van der Waals surface area (Å²) in [6.45, 7) is 0. The van der Waals surface area contributed by atoms with Crippen LogP contribution in [0.4, 0.5) is 0 Å². The summed E-state index contributed by atoms with van der Waals surface area (Å²) in [5, 5.41) is 1.86. The second-order valence-electron chi connectivity index (χ2n) is 4.84. The van der Waals surface area contributed by atoms with Gasteiger partial charge in [-0.3, -0.25) is 0 Å². The van der Waals surface area contributed by atoms with Crippen LogP contribution in [0, 0.1) is 0 Å². The lowest BCUT2D eigenvalue weighted by molar-refractivity contribution is 0.606. The SMILES string of the molecule is Clc1ccc(SCc2ccccc2)nc1.O=S(=O)(Cl)c1ccc(Cl)cn1. The molecule has 9 heteroatoms. The molecule has 0 N–H and O–H groups in total. The van der Waals surface area contributed by atoms with E-state index in [2.05, 4.69) is 22.1 Å². The largest absolute Gasteiger partial charge is 0.278 e. The van der Waals surface area contributed by atoms with E-state index in [9.17, 15) is 8.42 Å². The van der Waals surface area contributed by atoms with Gasteiger partial charge < -0.3 is 0 Å². The van der Waals surface area contributed by atoms with Crippen LogP contribution in [-0.4, -0.2) is 18.4 Å². The number of nitrogens with zero attached hydrogens (tertiary/aromatic N) is 2. The number of rotatable bonds is 4. The summed E-state index contributed by atoms with van der Waals surface area (Å²) in [5.74, 6) is 0.940. The summed E-state index contributed by atoms with van der Waals surface area (Å²) < 4.78 is 21.2. The van der Waals surface area contributed by atoms with Gasteiger partial charge in [-0.25, -0.2) is 18.4 Å². The molecule has 0 aliphatic carbocycles. The molecule has 2 heterocycles. The fraction of sp³-hybridized carbons (Fsp3) is 0.0588. The zero-order chi connectivity index (χ0) is 19.0. The van der Waals surface area contributed by atoms with Gasteiger partial charge in [-0.05, 0) is 29.8 Å². The third-order valence-corrected chi connectivity index (χ3v) is 5.56. The number of halogens is 3. The van der Waals surface area contributed by atoms with Crippen molar-refractivity contribution in [3.05, 3.63) is 82.6 Å². The predicted molar refractivity (Wildman–Crippen MR) is 108 cm³/mol. The van der Waals surface area contributed by atoms with E-state index in [0.717, 1.165) is 10.8 Å². The molecule has 1 aromatic carbocycles. The number of pyridine rings is 2. The van der Waals surface area contributed by atoms with Crippen LogP contribution in [0.3, 0.4) is 0 Å². The highest BCUT2D eigenvalue weighted by molar-refractivity contribution is 8.13. The van der Waals surface area contributed by atoms with Crippen molar-refractivity contribution in [3.63, 3.8) is 0 Å². The van der Waals surface area contributed by atoms with Crippen LogP contribution in [0.25, 0.3) is 0 Å². The summed E-state index contributed by atoms with van der Waals surface area (Å²) in [7, 11) is 1.26. The first-order valence-corrected chi connectivity index (χ1v) is 11.2. The van der Waals surface area contributed by atoms with E-state index >= 15 is 0 Å². The van der Waals surface area contributed by atoms with Crippen molar-refractivity contribution in [3.8, 4) is 0 Å². The Morgan fingerprint density at radius 2 is 1.46 bits per heavy atom. The Kier molecular flexibility index (Phi) is 8.18. The monoisotopic (exact) mass is 446 g/mol. The van der Waals surface area contributed by atoms with Gasteiger partial charge in [0.15, 0.2) is 5.03 Å². The molecule has 3 rings (SSSR count).